The van der Waals surface area contributed by atoms with Crippen LogP contribution >= 0.6 is 0 Å². The maximum atomic E-state index is 11.9. The van der Waals surface area contributed by atoms with E-state index in [4.69, 9.17) is 4.74 Å². The third-order valence-corrected chi connectivity index (χ3v) is 2.84. The number of rotatable bonds is 6. The van der Waals surface area contributed by atoms with Gasteiger partial charge in [-0.25, -0.2) is 4.98 Å². The molecule has 0 spiro atoms. The van der Waals surface area contributed by atoms with E-state index in [1.54, 1.807) is 0 Å². The molecule has 1 aromatic heterocycles. The highest BCUT2D eigenvalue weighted by Gasteiger charge is 2.14. The Balaban J connectivity index is 2.30. The Morgan fingerprint density at radius 2 is 2.15 bits per heavy atom. The molecule has 0 aliphatic carbocycles. The smallest absolute Gasteiger partial charge is 0.326 e. The van der Waals surface area contributed by atoms with E-state index in [9.17, 15) is 4.79 Å². The molecule has 0 radical (unpaired) electrons. The number of para-hydroxylation sites is 2. The Morgan fingerprint density at radius 3 is 2.85 bits per heavy atom. The number of nitrogens with one attached hydrogen (secondary N) is 1. The maximum Gasteiger partial charge on any atom is 0.326 e. The first-order chi connectivity index (χ1) is 9.61. The lowest BCUT2D eigenvalue weighted by Crippen LogP contribution is -2.19. The fraction of sp³-hybridized carbons (Fsp3) is 0.467. The highest BCUT2D eigenvalue weighted by atomic mass is 16.5. The van der Waals surface area contributed by atoms with Crippen LogP contribution in [0, 0.1) is 0 Å². The van der Waals surface area contributed by atoms with Crippen LogP contribution in [-0.4, -0.2) is 28.2 Å². The highest BCUT2D eigenvalue weighted by Crippen LogP contribution is 2.19. The number of fused-ring (bicyclic) bond motifs is 1. The number of carbonyl (C=O) groups excluding carboxylic acids is 1. The minimum atomic E-state index is -0.247. The molecule has 0 atom stereocenters. The van der Waals surface area contributed by atoms with E-state index >= 15 is 0 Å². The van der Waals surface area contributed by atoms with Crippen molar-refractivity contribution in [2.45, 2.75) is 39.8 Å². The van der Waals surface area contributed by atoms with Crippen LogP contribution in [0.1, 0.15) is 27.2 Å². The van der Waals surface area contributed by atoms with Gasteiger partial charge < -0.3 is 10.1 Å². The fourth-order valence-electron chi connectivity index (χ4n) is 2.04. The summed E-state index contributed by atoms with van der Waals surface area (Å²) in [6.07, 6.45) is 0.893. The van der Waals surface area contributed by atoms with Gasteiger partial charge in [-0.2, -0.15) is 0 Å². The molecule has 20 heavy (non-hydrogen) atoms. The summed E-state index contributed by atoms with van der Waals surface area (Å²) in [7, 11) is 0. The molecule has 2 aromatic rings. The fourth-order valence-corrected chi connectivity index (χ4v) is 2.04. The summed E-state index contributed by atoms with van der Waals surface area (Å²) in [5.41, 5.74) is 1.82. The molecule has 0 saturated heterocycles. The normalized spacial score (nSPS) is 11.0. The average Bonchev–Trinajstić information content (AvgIpc) is 2.74. The molecule has 108 valence electrons. The molecule has 0 aliphatic heterocycles. The SMILES string of the molecule is CCCNc1nc2ccccc2n1CC(=O)OC(C)C. The van der Waals surface area contributed by atoms with Gasteiger partial charge in [-0.15, -0.1) is 0 Å². The molecule has 0 unspecified atom stereocenters. The third kappa shape index (κ3) is 3.29. The quantitative estimate of drug-likeness (QED) is 0.824. The van der Waals surface area contributed by atoms with Crippen LogP contribution in [0.5, 0.6) is 0 Å². The number of aromatic nitrogens is 2. The summed E-state index contributed by atoms with van der Waals surface area (Å²) < 4.78 is 7.09. The maximum absolute atomic E-state index is 11.9. The van der Waals surface area contributed by atoms with Crippen molar-refractivity contribution < 1.29 is 9.53 Å². The van der Waals surface area contributed by atoms with Crippen LogP contribution in [0.25, 0.3) is 11.0 Å². The first-order valence-corrected chi connectivity index (χ1v) is 7.00. The molecule has 1 aromatic carbocycles. The largest absolute Gasteiger partial charge is 0.462 e. The van der Waals surface area contributed by atoms with Crippen molar-refractivity contribution >= 4 is 23.0 Å². The van der Waals surface area contributed by atoms with Crippen molar-refractivity contribution in [1.29, 1.82) is 0 Å². The van der Waals surface area contributed by atoms with Crippen LogP contribution in [0.2, 0.25) is 0 Å². The monoisotopic (exact) mass is 275 g/mol. The number of hydrogen-bond acceptors (Lipinski definition) is 4. The molecule has 5 heteroatoms. The Hall–Kier alpha value is -2.04. The molecular weight excluding hydrogens is 254 g/mol. The molecule has 5 nitrogen and oxygen atoms in total. The zero-order chi connectivity index (χ0) is 14.5. The summed E-state index contributed by atoms with van der Waals surface area (Å²) in [6.45, 7) is 6.78. The lowest BCUT2D eigenvalue weighted by molar-refractivity contribution is -0.147. The topological polar surface area (TPSA) is 56.2 Å². The van der Waals surface area contributed by atoms with Crippen LogP contribution in [-0.2, 0) is 16.1 Å². The van der Waals surface area contributed by atoms with Gasteiger partial charge in [0.15, 0.2) is 0 Å². The molecule has 1 N–H and O–H groups in total. The Morgan fingerprint density at radius 1 is 1.40 bits per heavy atom. The molecule has 1 heterocycles. The molecule has 0 saturated carbocycles. The summed E-state index contributed by atoms with van der Waals surface area (Å²) >= 11 is 0. The van der Waals surface area contributed by atoms with Crippen LogP contribution in [0.3, 0.4) is 0 Å². The van der Waals surface area contributed by atoms with Crippen molar-refractivity contribution in [3.8, 4) is 0 Å². The van der Waals surface area contributed by atoms with E-state index in [1.807, 2.05) is 42.7 Å². The summed E-state index contributed by atoms with van der Waals surface area (Å²) in [4.78, 5) is 16.4. The zero-order valence-electron chi connectivity index (χ0n) is 12.2. The molecule has 0 bridgehead atoms. The van der Waals surface area contributed by atoms with Gasteiger partial charge in [0.05, 0.1) is 17.1 Å². The Labute approximate surface area is 118 Å². The van der Waals surface area contributed by atoms with Crippen molar-refractivity contribution in [3.63, 3.8) is 0 Å². The van der Waals surface area contributed by atoms with E-state index in [1.165, 1.54) is 0 Å². The van der Waals surface area contributed by atoms with E-state index < -0.39 is 0 Å². The average molecular weight is 275 g/mol. The van der Waals surface area contributed by atoms with E-state index in [0.29, 0.717) is 5.95 Å². The van der Waals surface area contributed by atoms with Crippen LogP contribution < -0.4 is 5.32 Å². The number of benzene rings is 1. The Bertz CT molecular complexity index is 590. The number of hydrogen-bond donors (Lipinski definition) is 1. The summed E-state index contributed by atoms with van der Waals surface area (Å²) in [5, 5.41) is 3.26. The number of nitrogens with zero attached hydrogens (tertiary/aromatic N) is 2. The highest BCUT2D eigenvalue weighted by molar-refractivity contribution is 5.81. The second-order valence-electron chi connectivity index (χ2n) is 4.98. The van der Waals surface area contributed by atoms with Crippen LogP contribution in [0.4, 0.5) is 5.95 Å². The van der Waals surface area contributed by atoms with E-state index in [2.05, 4.69) is 17.2 Å². The molecule has 2 rings (SSSR count). The van der Waals surface area contributed by atoms with E-state index in [-0.39, 0.29) is 18.6 Å². The third-order valence-electron chi connectivity index (χ3n) is 2.84. The van der Waals surface area contributed by atoms with Crippen LogP contribution in [0.15, 0.2) is 24.3 Å². The van der Waals surface area contributed by atoms with Gasteiger partial charge in [0.25, 0.3) is 0 Å². The number of imidazole rings is 1. The number of esters is 1. The van der Waals surface area contributed by atoms with Gasteiger partial charge in [0, 0.05) is 6.54 Å². The molecular formula is C15H21N3O2. The minimum Gasteiger partial charge on any atom is -0.462 e. The standard InChI is InChI=1S/C15H21N3O2/c1-4-9-16-15-17-12-7-5-6-8-13(12)18(15)10-14(19)20-11(2)3/h5-8,11H,4,9-10H2,1-3H3,(H,16,17). The predicted octanol–water partition coefficient (Wildman–Crippen LogP) is 2.81. The van der Waals surface area contributed by atoms with Gasteiger partial charge in [0.1, 0.15) is 6.54 Å². The summed E-state index contributed by atoms with van der Waals surface area (Å²) in [5.74, 6) is 0.469. The second-order valence-corrected chi connectivity index (χ2v) is 4.98. The Kier molecular flexibility index (Phi) is 4.61. The number of ether oxygens (including phenoxy) is 1. The van der Waals surface area contributed by atoms with Gasteiger partial charge >= 0.3 is 5.97 Å². The van der Waals surface area contributed by atoms with Gasteiger partial charge in [-0.05, 0) is 32.4 Å². The van der Waals surface area contributed by atoms with E-state index in [0.717, 1.165) is 24.0 Å². The zero-order valence-corrected chi connectivity index (χ0v) is 12.2. The first kappa shape index (κ1) is 14.4. The lowest BCUT2D eigenvalue weighted by Gasteiger charge is -2.12. The first-order valence-electron chi connectivity index (χ1n) is 7.00. The van der Waals surface area contributed by atoms with Crippen molar-refractivity contribution in [1.82, 2.24) is 9.55 Å². The van der Waals surface area contributed by atoms with Gasteiger partial charge in [0.2, 0.25) is 5.95 Å². The van der Waals surface area contributed by atoms with Crippen molar-refractivity contribution in [2.24, 2.45) is 0 Å². The van der Waals surface area contributed by atoms with Crippen molar-refractivity contribution in [3.05, 3.63) is 24.3 Å². The molecule has 0 aliphatic rings. The van der Waals surface area contributed by atoms with Gasteiger partial charge in [-0.3, -0.25) is 9.36 Å². The lowest BCUT2D eigenvalue weighted by atomic mass is 10.3. The summed E-state index contributed by atoms with van der Waals surface area (Å²) in [6, 6.07) is 7.78. The number of carbonyl (C=O) groups is 1. The second kappa shape index (κ2) is 6.41. The predicted molar refractivity (Wildman–Crippen MR) is 79.7 cm³/mol. The van der Waals surface area contributed by atoms with Gasteiger partial charge in [-0.1, -0.05) is 19.1 Å². The number of anilines is 1. The molecule has 0 fully saturated rings. The van der Waals surface area contributed by atoms with Crippen molar-refractivity contribution in [2.75, 3.05) is 11.9 Å². The minimum absolute atomic E-state index is 0.107. The molecule has 0 amide bonds.